The number of hydrogen-bond donors (Lipinski definition) is 1. The van der Waals surface area contributed by atoms with E-state index in [1.54, 1.807) is 13.2 Å². The summed E-state index contributed by atoms with van der Waals surface area (Å²) in [7, 11) is 1.67. The van der Waals surface area contributed by atoms with E-state index in [-0.39, 0.29) is 6.54 Å². The molecule has 2 rings (SSSR count). The van der Waals surface area contributed by atoms with Gasteiger partial charge in [0.25, 0.3) is 0 Å². The van der Waals surface area contributed by atoms with Crippen LogP contribution in [0.1, 0.15) is 24.0 Å². The van der Waals surface area contributed by atoms with Crippen molar-refractivity contribution in [1.29, 1.82) is 0 Å². The van der Waals surface area contributed by atoms with Crippen LogP contribution in [0.3, 0.4) is 0 Å². The lowest BCUT2D eigenvalue weighted by atomic mass is 9.97. The van der Waals surface area contributed by atoms with Gasteiger partial charge in [0.1, 0.15) is 0 Å². The Balaban J connectivity index is 2.22. The topological polar surface area (TPSA) is 38.5 Å². The van der Waals surface area contributed by atoms with Crippen LogP contribution in [0.5, 0.6) is 0 Å². The number of benzene rings is 1. The maximum absolute atomic E-state index is 12.8. The average molecular weight is 302 g/mol. The van der Waals surface area contributed by atoms with Gasteiger partial charge in [-0.3, -0.25) is 0 Å². The first-order valence-corrected chi connectivity index (χ1v) is 7.09. The van der Waals surface area contributed by atoms with E-state index in [0.717, 1.165) is 43.8 Å². The van der Waals surface area contributed by atoms with Gasteiger partial charge in [-0.2, -0.15) is 13.2 Å². The molecule has 118 valence electrons. The predicted molar refractivity (Wildman–Crippen MR) is 76.1 cm³/mol. The maximum Gasteiger partial charge on any atom is 0.416 e. The lowest BCUT2D eigenvalue weighted by Crippen LogP contribution is -2.37. The molecule has 2 N–H and O–H groups in total. The number of methoxy groups -OCH3 is 1. The maximum atomic E-state index is 12.8. The molecule has 1 aliphatic heterocycles. The molecule has 1 atom stereocenters. The van der Waals surface area contributed by atoms with Crippen LogP contribution in [-0.4, -0.2) is 26.8 Å². The van der Waals surface area contributed by atoms with Gasteiger partial charge in [0.05, 0.1) is 12.2 Å². The minimum absolute atomic E-state index is 0.102. The van der Waals surface area contributed by atoms with Crippen molar-refractivity contribution >= 4 is 5.69 Å². The van der Waals surface area contributed by atoms with Crippen LogP contribution < -0.4 is 10.6 Å². The Morgan fingerprint density at radius 1 is 1.38 bits per heavy atom. The summed E-state index contributed by atoms with van der Waals surface area (Å²) >= 11 is 0. The zero-order valence-electron chi connectivity index (χ0n) is 12.1. The monoisotopic (exact) mass is 302 g/mol. The summed E-state index contributed by atoms with van der Waals surface area (Å²) in [6.45, 7) is 2.42. The Hall–Kier alpha value is -1.27. The summed E-state index contributed by atoms with van der Waals surface area (Å²) in [6.07, 6.45) is -2.23. The largest absolute Gasteiger partial charge is 0.416 e. The number of hydrogen-bond acceptors (Lipinski definition) is 3. The molecule has 1 aromatic carbocycles. The third kappa shape index (κ3) is 3.89. The first-order valence-electron chi connectivity index (χ1n) is 7.09. The van der Waals surface area contributed by atoms with Crippen molar-refractivity contribution in [3.63, 3.8) is 0 Å². The van der Waals surface area contributed by atoms with Crippen LogP contribution in [0.2, 0.25) is 0 Å². The van der Waals surface area contributed by atoms with Crippen LogP contribution in [0, 0.1) is 5.92 Å². The van der Waals surface area contributed by atoms with Gasteiger partial charge in [-0.05, 0) is 42.5 Å². The molecule has 1 unspecified atom stereocenters. The predicted octanol–water partition coefficient (Wildman–Crippen LogP) is 3.03. The van der Waals surface area contributed by atoms with Gasteiger partial charge in [0.2, 0.25) is 0 Å². The summed E-state index contributed by atoms with van der Waals surface area (Å²) in [6, 6.07) is 3.84. The van der Waals surface area contributed by atoms with Gasteiger partial charge < -0.3 is 15.4 Å². The molecule has 0 aliphatic carbocycles. The highest BCUT2D eigenvalue weighted by Crippen LogP contribution is 2.34. The molecule has 0 amide bonds. The smallest absolute Gasteiger partial charge is 0.384 e. The number of rotatable bonds is 4. The third-order valence-electron chi connectivity index (χ3n) is 3.89. The number of halogens is 3. The van der Waals surface area contributed by atoms with E-state index in [9.17, 15) is 13.2 Å². The fourth-order valence-corrected chi connectivity index (χ4v) is 2.89. The van der Waals surface area contributed by atoms with E-state index in [2.05, 4.69) is 4.90 Å². The minimum Gasteiger partial charge on any atom is -0.384 e. The molecule has 0 radical (unpaired) electrons. The molecule has 0 saturated carbocycles. The number of alkyl halides is 3. The summed E-state index contributed by atoms with van der Waals surface area (Å²) < 4.78 is 43.5. The van der Waals surface area contributed by atoms with Gasteiger partial charge in [0.15, 0.2) is 0 Å². The molecule has 0 bridgehead atoms. The lowest BCUT2D eigenvalue weighted by Gasteiger charge is -2.35. The molecule has 1 heterocycles. The molecule has 21 heavy (non-hydrogen) atoms. The second-order valence-corrected chi connectivity index (χ2v) is 5.45. The fourth-order valence-electron chi connectivity index (χ4n) is 2.89. The standard InChI is InChI=1S/C15H21F3N2O/c1-21-10-11-3-2-6-20(9-11)14-5-4-13(15(16,17)18)7-12(14)8-19/h4-5,7,11H,2-3,6,8-10,19H2,1H3. The summed E-state index contributed by atoms with van der Waals surface area (Å²) in [5.41, 5.74) is 6.36. The van der Waals surface area contributed by atoms with Crippen molar-refractivity contribution in [2.24, 2.45) is 11.7 Å². The molecule has 0 aromatic heterocycles. The highest BCUT2D eigenvalue weighted by Gasteiger charge is 2.31. The second-order valence-electron chi connectivity index (χ2n) is 5.45. The van der Waals surface area contributed by atoms with Gasteiger partial charge in [-0.15, -0.1) is 0 Å². The van der Waals surface area contributed by atoms with Gasteiger partial charge in [0, 0.05) is 32.4 Å². The number of nitrogens with zero attached hydrogens (tertiary/aromatic N) is 1. The van der Waals surface area contributed by atoms with Gasteiger partial charge in [-0.1, -0.05) is 0 Å². The van der Waals surface area contributed by atoms with Crippen molar-refractivity contribution in [2.45, 2.75) is 25.6 Å². The Bertz CT molecular complexity index is 474. The van der Waals surface area contributed by atoms with Crippen molar-refractivity contribution in [2.75, 3.05) is 31.7 Å². The minimum atomic E-state index is -4.33. The van der Waals surface area contributed by atoms with E-state index >= 15 is 0 Å². The molecule has 1 aromatic rings. The Morgan fingerprint density at radius 3 is 2.76 bits per heavy atom. The van der Waals surface area contributed by atoms with Crippen LogP contribution in [0.4, 0.5) is 18.9 Å². The molecule has 1 aliphatic rings. The normalized spacial score (nSPS) is 19.9. The van der Waals surface area contributed by atoms with Crippen molar-refractivity contribution in [1.82, 2.24) is 0 Å². The molecular formula is C15H21F3N2O. The van der Waals surface area contributed by atoms with E-state index < -0.39 is 11.7 Å². The Labute approximate surface area is 122 Å². The summed E-state index contributed by atoms with van der Waals surface area (Å²) in [5.74, 6) is 0.414. The van der Waals surface area contributed by atoms with E-state index in [1.807, 2.05) is 0 Å². The van der Waals surface area contributed by atoms with Crippen LogP contribution >= 0.6 is 0 Å². The highest BCUT2D eigenvalue weighted by atomic mass is 19.4. The number of ether oxygens (including phenoxy) is 1. The second kappa shape index (κ2) is 6.66. The molecular weight excluding hydrogens is 281 g/mol. The Kier molecular flexibility index (Phi) is 5.11. The number of nitrogens with two attached hydrogens (primary N) is 1. The van der Waals surface area contributed by atoms with Gasteiger partial charge >= 0.3 is 6.18 Å². The third-order valence-corrected chi connectivity index (χ3v) is 3.89. The SMILES string of the molecule is COCC1CCCN(c2ccc(C(F)(F)F)cc2CN)C1. The fraction of sp³-hybridized carbons (Fsp3) is 0.600. The molecule has 0 spiro atoms. The zero-order valence-corrected chi connectivity index (χ0v) is 12.1. The first-order chi connectivity index (χ1) is 9.95. The van der Waals surface area contributed by atoms with E-state index in [0.29, 0.717) is 18.1 Å². The van der Waals surface area contributed by atoms with Crippen molar-refractivity contribution in [3.05, 3.63) is 29.3 Å². The highest BCUT2D eigenvalue weighted by molar-refractivity contribution is 5.55. The molecule has 6 heteroatoms. The quantitative estimate of drug-likeness (QED) is 0.929. The first kappa shape index (κ1) is 16.1. The van der Waals surface area contributed by atoms with Crippen molar-refractivity contribution < 1.29 is 17.9 Å². The summed E-state index contributed by atoms with van der Waals surface area (Å²) in [4.78, 5) is 2.12. The van der Waals surface area contributed by atoms with Crippen LogP contribution in [0.15, 0.2) is 18.2 Å². The van der Waals surface area contributed by atoms with E-state index in [1.165, 1.54) is 0 Å². The lowest BCUT2D eigenvalue weighted by molar-refractivity contribution is -0.137. The van der Waals surface area contributed by atoms with E-state index in [4.69, 9.17) is 10.5 Å². The number of anilines is 1. The van der Waals surface area contributed by atoms with Crippen LogP contribution in [0.25, 0.3) is 0 Å². The Morgan fingerprint density at radius 2 is 2.14 bits per heavy atom. The summed E-state index contributed by atoms with van der Waals surface area (Å²) in [5, 5.41) is 0. The molecule has 1 fully saturated rings. The molecule has 3 nitrogen and oxygen atoms in total. The van der Waals surface area contributed by atoms with Crippen LogP contribution in [-0.2, 0) is 17.5 Å². The zero-order chi connectivity index (χ0) is 15.5. The van der Waals surface area contributed by atoms with Gasteiger partial charge in [-0.25, -0.2) is 0 Å². The average Bonchev–Trinajstić information content (AvgIpc) is 2.46. The molecule has 1 saturated heterocycles. The number of piperidine rings is 1. The van der Waals surface area contributed by atoms with Crippen molar-refractivity contribution in [3.8, 4) is 0 Å².